The fourth-order valence-electron chi connectivity index (χ4n) is 2.80. The van der Waals surface area contributed by atoms with Crippen molar-refractivity contribution >= 4 is 15.8 Å². The van der Waals surface area contributed by atoms with Crippen LogP contribution in [0.4, 0.5) is 4.39 Å². The van der Waals surface area contributed by atoms with Crippen LogP contribution in [-0.4, -0.2) is 27.7 Å². The minimum Gasteiger partial charge on any atom is -0.352 e. The van der Waals surface area contributed by atoms with Crippen LogP contribution in [-0.2, 0) is 28.7 Å². The summed E-state index contributed by atoms with van der Waals surface area (Å²) in [6.07, 6.45) is 1.16. The predicted octanol–water partition coefficient (Wildman–Crippen LogP) is 2.85. The third-order valence-electron chi connectivity index (χ3n) is 4.20. The molecular weight excluding hydrogens is 365 g/mol. The number of halogens is 1. The second-order valence-corrected chi connectivity index (χ2v) is 8.83. The van der Waals surface area contributed by atoms with Gasteiger partial charge in [-0.25, -0.2) is 12.8 Å². The number of sulfone groups is 1. The molecule has 0 radical (unpaired) electrons. The van der Waals surface area contributed by atoms with Crippen molar-refractivity contribution in [1.29, 1.82) is 0 Å². The number of benzene rings is 2. The molecule has 0 unspecified atom stereocenters. The molecule has 2 N–H and O–H groups in total. The molecule has 5 nitrogen and oxygen atoms in total. The smallest absolute Gasteiger partial charge is 0.191 e. The lowest BCUT2D eigenvalue weighted by molar-refractivity contribution is 0.599. The summed E-state index contributed by atoms with van der Waals surface area (Å²) in [6.45, 7) is 4.99. The van der Waals surface area contributed by atoms with E-state index in [4.69, 9.17) is 0 Å². The van der Waals surface area contributed by atoms with E-state index in [2.05, 4.69) is 47.7 Å². The maximum absolute atomic E-state index is 13.6. The van der Waals surface area contributed by atoms with Crippen molar-refractivity contribution in [3.05, 3.63) is 70.0 Å². The molecule has 0 aromatic heterocycles. The lowest BCUT2D eigenvalue weighted by atomic mass is 10.1. The minimum atomic E-state index is -3.21. The van der Waals surface area contributed by atoms with E-state index in [1.54, 1.807) is 7.05 Å². The van der Waals surface area contributed by atoms with Crippen molar-refractivity contribution in [3.63, 3.8) is 0 Å². The molecule has 7 heteroatoms. The summed E-state index contributed by atoms with van der Waals surface area (Å²) in [5.74, 6) is 0.0330. The molecule has 0 bridgehead atoms. The van der Waals surface area contributed by atoms with Gasteiger partial charge in [0, 0.05) is 26.4 Å². The van der Waals surface area contributed by atoms with Gasteiger partial charge in [0.2, 0.25) is 0 Å². The largest absolute Gasteiger partial charge is 0.352 e. The van der Waals surface area contributed by atoms with E-state index in [1.165, 1.54) is 29.3 Å². The number of aliphatic imine (C=N–C) groups is 1. The van der Waals surface area contributed by atoms with Crippen LogP contribution >= 0.6 is 0 Å². The van der Waals surface area contributed by atoms with Gasteiger partial charge >= 0.3 is 0 Å². The summed E-state index contributed by atoms with van der Waals surface area (Å²) in [4.78, 5) is 4.17. The van der Waals surface area contributed by atoms with Gasteiger partial charge in [-0.3, -0.25) is 4.99 Å². The zero-order chi connectivity index (χ0) is 20.0. The fraction of sp³-hybridized carbons (Fsp3) is 0.350. The number of aryl methyl sites for hydroxylation is 2. The second-order valence-electron chi connectivity index (χ2n) is 6.69. The molecule has 0 aliphatic rings. The summed E-state index contributed by atoms with van der Waals surface area (Å²) < 4.78 is 36.8. The molecule has 0 atom stereocenters. The highest BCUT2D eigenvalue weighted by Gasteiger charge is 2.11. The first-order valence-corrected chi connectivity index (χ1v) is 10.7. The highest BCUT2D eigenvalue weighted by atomic mass is 32.2. The SMILES string of the molecule is CN=C(NCc1ccc(C)cc1C)NCc1cc(F)ccc1CS(C)(=O)=O. The van der Waals surface area contributed by atoms with Crippen LogP contribution in [0.1, 0.15) is 27.8 Å². The first-order valence-electron chi connectivity index (χ1n) is 8.63. The molecule has 0 aliphatic carbocycles. The molecule has 0 aliphatic heterocycles. The van der Waals surface area contributed by atoms with Gasteiger partial charge in [0.1, 0.15) is 5.82 Å². The molecule has 0 heterocycles. The van der Waals surface area contributed by atoms with Crippen molar-refractivity contribution in [1.82, 2.24) is 10.6 Å². The number of nitrogens with zero attached hydrogens (tertiary/aromatic N) is 1. The van der Waals surface area contributed by atoms with Crippen LogP contribution in [0.25, 0.3) is 0 Å². The Morgan fingerprint density at radius 1 is 1.00 bits per heavy atom. The summed E-state index contributed by atoms with van der Waals surface area (Å²) in [5.41, 5.74) is 4.74. The average molecular weight is 392 g/mol. The summed E-state index contributed by atoms with van der Waals surface area (Å²) in [7, 11) is -1.55. The van der Waals surface area contributed by atoms with Crippen molar-refractivity contribution in [3.8, 4) is 0 Å². The quantitative estimate of drug-likeness (QED) is 0.587. The standard InChI is InChI=1S/C20H26FN3O2S/c1-14-5-6-16(15(2)9-14)11-23-20(22-3)24-12-18-10-19(21)8-7-17(18)13-27(4,25)26/h5-10H,11-13H2,1-4H3,(H2,22,23,24). The van der Waals surface area contributed by atoms with E-state index in [0.29, 0.717) is 23.6 Å². The average Bonchev–Trinajstić information content (AvgIpc) is 2.57. The van der Waals surface area contributed by atoms with Gasteiger partial charge in [0.05, 0.1) is 5.75 Å². The number of nitrogens with one attached hydrogen (secondary N) is 2. The Morgan fingerprint density at radius 3 is 2.22 bits per heavy atom. The molecular formula is C20H26FN3O2S. The molecule has 27 heavy (non-hydrogen) atoms. The van der Waals surface area contributed by atoms with Crippen molar-refractivity contribution < 1.29 is 12.8 Å². The van der Waals surface area contributed by atoms with Crippen molar-refractivity contribution in [2.45, 2.75) is 32.7 Å². The van der Waals surface area contributed by atoms with Gasteiger partial charge < -0.3 is 10.6 Å². The molecule has 0 saturated carbocycles. The molecule has 2 aromatic rings. The molecule has 2 rings (SSSR count). The normalized spacial score (nSPS) is 12.1. The molecule has 0 spiro atoms. The van der Waals surface area contributed by atoms with E-state index < -0.39 is 15.7 Å². The third-order valence-corrected chi connectivity index (χ3v) is 5.04. The Bertz CT molecular complexity index is 940. The van der Waals surface area contributed by atoms with Crippen LogP contribution < -0.4 is 10.6 Å². The van der Waals surface area contributed by atoms with E-state index in [-0.39, 0.29) is 12.3 Å². The van der Waals surface area contributed by atoms with Gasteiger partial charge in [0.25, 0.3) is 0 Å². The van der Waals surface area contributed by atoms with E-state index in [0.717, 1.165) is 11.8 Å². The van der Waals surface area contributed by atoms with E-state index in [9.17, 15) is 12.8 Å². The van der Waals surface area contributed by atoms with Crippen molar-refractivity contribution in [2.75, 3.05) is 13.3 Å². The van der Waals surface area contributed by atoms with Crippen LogP contribution in [0, 0.1) is 19.7 Å². The van der Waals surface area contributed by atoms with Crippen LogP contribution in [0.3, 0.4) is 0 Å². The fourth-order valence-corrected chi connectivity index (χ4v) is 3.65. The first-order chi connectivity index (χ1) is 12.7. The molecule has 2 aromatic carbocycles. The maximum Gasteiger partial charge on any atom is 0.191 e. The zero-order valence-electron chi connectivity index (χ0n) is 16.1. The summed E-state index contributed by atoms with van der Waals surface area (Å²) in [5, 5.41) is 6.34. The Labute approximate surface area is 160 Å². The molecule has 0 fully saturated rings. The van der Waals surface area contributed by atoms with Gasteiger partial charge in [-0.2, -0.15) is 0 Å². The third kappa shape index (κ3) is 6.67. The van der Waals surface area contributed by atoms with Crippen LogP contribution in [0.15, 0.2) is 41.4 Å². The number of hydrogen-bond acceptors (Lipinski definition) is 3. The van der Waals surface area contributed by atoms with Gasteiger partial charge in [-0.15, -0.1) is 0 Å². The number of rotatable bonds is 6. The minimum absolute atomic E-state index is 0.126. The Morgan fingerprint density at radius 2 is 1.63 bits per heavy atom. The van der Waals surface area contributed by atoms with E-state index >= 15 is 0 Å². The summed E-state index contributed by atoms with van der Waals surface area (Å²) >= 11 is 0. The number of hydrogen-bond donors (Lipinski definition) is 2. The highest BCUT2D eigenvalue weighted by molar-refractivity contribution is 7.89. The first kappa shape index (κ1) is 20.9. The van der Waals surface area contributed by atoms with Gasteiger partial charge in [-0.1, -0.05) is 29.8 Å². The van der Waals surface area contributed by atoms with E-state index in [1.807, 2.05) is 0 Å². The molecule has 146 valence electrons. The highest BCUT2D eigenvalue weighted by Crippen LogP contribution is 2.14. The maximum atomic E-state index is 13.6. The summed E-state index contributed by atoms with van der Waals surface area (Å²) in [6, 6.07) is 10.4. The van der Waals surface area contributed by atoms with Crippen molar-refractivity contribution in [2.24, 2.45) is 4.99 Å². The number of guanidine groups is 1. The molecule has 0 saturated heterocycles. The van der Waals surface area contributed by atoms with Crippen LogP contribution in [0.5, 0.6) is 0 Å². The monoisotopic (exact) mass is 391 g/mol. The predicted molar refractivity (Wildman–Crippen MR) is 108 cm³/mol. The lowest BCUT2D eigenvalue weighted by Crippen LogP contribution is -2.36. The van der Waals surface area contributed by atoms with Gasteiger partial charge in [0.15, 0.2) is 15.8 Å². The lowest BCUT2D eigenvalue weighted by Gasteiger charge is -2.15. The topological polar surface area (TPSA) is 70.6 Å². The van der Waals surface area contributed by atoms with Crippen LogP contribution in [0.2, 0.25) is 0 Å². The van der Waals surface area contributed by atoms with Gasteiger partial charge in [-0.05, 0) is 48.2 Å². The zero-order valence-corrected chi connectivity index (χ0v) is 17.0. The Kier molecular flexibility index (Phi) is 6.96. The Hall–Kier alpha value is -2.41. The Balaban J connectivity index is 2.04. The molecule has 0 amide bonds. The second kappa shape index (κ2) is 8.99.